The summed E-state index contributed by atoms with van der Waals surface area (Å²) in [6, 6.07) is 11.0. The lowest BCUT2D eigenvalue weighted by Gasteiger charge is -2.19. The molecule has 0 saturated carbocycles. The average molecular weight is 352 g/mol. The highest BCUT2D eigenvalue weighted by Gasteiger charge is 2.22. The van der Waals surface area contributed by atoms with Crippen LogP contribution in [0.15, 0.2) is 46.9 Å². The van der Waals surface area contributed by atoms with Gasteiger partial charge in [-0.1, -0.05) is 40.2 Å². The van der Waals surface area contributed by atoms with E-state index in [1.807, 2.05) is 25.1 Å². The van der Waals surface area contributed by atoms with E-state index in [1.165, 1.54) is 13.2 Å². The number of carbonyl (C=O) groups excluding carboxylic acids is 1. The highest BCUT2D eigenvalue weighted by atomic mass is 79.9. The summed E-state index contributed by atoms with van der Waals surface area (Å²) in [5, 5.41) is 2.89. The summed E-state index contributed by atoms with van der Waals surface area (Å²) < 4.78 is 19.4. The minimum absolute atomic E-state index is 0.254. The standard InChI is InChI=1S/C16H15BrFNO2/c1-10-7-8-11(9-12(10)17)15(16(20)21-2)19-14-6-4-3-5-13(14)18/h3-9,15,19H,1-2H3. The number of rotatable bonds is 4. The minimum atomic E-state index is -0.774. The van der Waals surface area contributed by atoms with E-state index >= 15 is 0 Å². The molecular weight excluding hydrogens is 337 g/mol. The van der Waals surface area contributed by atoms with Crippen LogP contribution in [-0.4, -0.2) is 13.1 Å². The van der Waals surface area contributed by atoms with Crippen LogP contribution in [0.5, 0.6) is 0 Å². The van der Waals surface area contributed by atoms with Gasteiger partial charge in [-0.05, 0) is 36.2 Å². The molecule has 0 radical (unpaired) electrons. The maximum Gasteiger partial charge on any atom is 0.332 e. The molecule has 0 aliphatic heterocycles. The van der Waals surface area contributed by atoms with Gasteiger partial charge >= 0.3 is 5.97 Å². The lowest BCUT2D eigenvalue weighted by molar-refractivity contribution is -0.141. The lowest BCUT2D eigenvalue weighted by atomic mass is 10.0. The quantitative estimate of drug-likeness (QED) is 0.838. The van der Waals surface area contributed by atoms with Crippen molar-refractivity contribution < 1.29 is 13.9 Å². The Kier molecular flexibility index (Phi) is 4.96. The molecule has 2 rings (SSSR count). The van der Waals surface area contributed by atoms with Crippen LogP contribution in [0.2, 0.25) is 0 Å². The number of para-hydroxylation sites is 1. The number of hydrogen-bond donors (Lipinski definition) is 1. The van der Waals surface area contributed by atoms with Crippen LogP contribution in [-0.2, 0) is 9.53 Å². The maximum absolute atomic E-state index is 13.8. The van der Waals surface area contributed by atoms with Gasteiger partial charge in [-0.3, -0.25) is 0 Å². The van der Waals surface area contributed by atoms with Gasteiger partial charge in [-0.2, -0.15) is 0 Å². The molecular formula is C16H15BrFNO2. The minimum Gasteiger partial charge on any atom is -0.467 e. The summed E-state index contributed by atoms with van der Waals surface area (Å²) in [5.41, 5.74) is 2.00. The van der Waals surface area contributed by atoms with Crippen molar-refractivity contribution in [3.63, 3.8) is 0 Å². The predicted molar refractivity (Wildman–Crippen MR) is 83.7 cm³/mol. The second-order valence-corrected chi connectivity index (χ2v) is 5.44. The third-order valence-electron chi connectivity index (χ3n) is 3.14. The molecule has 0 aliphatic rings. The van der Waals surface area contributed by atoms with E-state index in [-0.39, 0.29) is 5.69 Å². The number of aryl methyl sites for hydroxylation is 1. The van der Waals surface area contributed by atoms with Crippen LogP contribution < -0.4 is 5.32 Å². The zero-order chi connectivity index (χ0) is 15.4. The van der Waals surface area contributed by atoms with Gasteiger partial charge in [0.25, 0.3) is 0 Å². The molecule has 2 aromatic rings. The number of carbonyl (C=O) groups is 1. The summed E-state index contributed by atoms with van der Waals surface area (Å²) in [7, 11) is 1.31. The van der Waals surface area contributed by atoms with Gasteiger partial charge in [-0.15, -0.1) is 0 Å². The Bertz CT molecular complexity index is 660. The van der Waals surface area contributed by atoms with Crippen molar-refractivity contribution >= 4 is 27.6 Å². The van der Waals surface area contributed by atoms with E-state index in [0.717, 1.165) is 10.0 Å². The van der Waals surface area contributed by atoms with Crippen molar-refractivity contribution in [2.75, 3.05) is 12.4 Å². The molecule has 1 atom stereocenters. The van der Waals surface area contributed by atoms with E-state index in [1.54, 1.807) is 18.2 Å². The molecule has 0 aliphatic carbocycles. The number of methoxy groups -OCH3 is 1. The Hall–Kier alpha value is -1.88. The molecule has 5 heteroatoms. The van der Waals surface area contributed by atoms with Gasteiger partial charge < -0.3 is 10.1 Å². The Morgan fingerprint density at radius 1 is 1.29 bits per heavy atom. The highest BCUT2D eigenvalue weighted by Crippen LogP contribution is 2.26. The monoisotopic (exact) mass is 351 g/mol. The zero-order valence-corrected chi connectivity index (χ0v) is 13.3. The van der Waals surface area contributed by atoms with Crippen LogP contribution in [0, 0.1) is 12.7 Å². The van der Waals surface area contributed by atoms with Crippen molar-refractivity contribution in [2.45, 2.75) is 13.0 Å². The normalized spacial score (nSPS) is 11.8. The molecule has 0 heterocycles. The van der Waals surface area contributed by atoms with Gasteiger partial charge in [0.1, 0.15) is 5.82 Å². The Labute approximate surface area is 131 Å². The van der Waals surface area contributed by atoms with Crippen LogP contribution >= 0.6 is 15.9 Å². The first kappa shape index (κ1) is 15.5. The molecule has 0 fully saturated rings. The van der Waals surface area contributed by atoms with Gasteiger partial charge in [-0.25, -0.2) is 9.18 Å². The molecule has 0 aromatic heterocycles. The summed E-state index contributed by atoms with van der Waals surface area (Å²) in [6.07, 6.45) is 0. The lowest BCUT2D eigenvalue weighted by Crippen LogP contribution is -2.22. The number of anilines is 1. The van der Waals surface area contributed by atoms with Crippen molar-refractivity contribution in [3.05, 3.63) is 63.9 Å². The third kappa shape index (κ3) is 3.61. The molecule has 0 amide bonds. The maximum atomic E-state index is 13.8. The predicted octanol–water partition coefficient (Wildman–Crippen LogP) is 4.22. The summed E-state index contributed by atoms with van der Waals surface area (Å²) >= 11 is 3.43. The van der Waals surface area contributed by atoms with Crippen LogP contribution in [0.4, 0.5) is 10.1 Å². The van der Waals surface area contributed by atoms with E-state index in [2.05, 4.69) is 21.2 Å². The fourth-order valence-electron chi connectivity index (χ4n) is 1.92. The molecule has 1 unspecified atom stereocenters. The second-order valence-electron chi connectivity index (χ2n) is 4.59. The van der Waals surface area contributed by atoms with Gasteiger partial charge in [0.2, 0.25) is 0 Å². The summed E-state index contributed by atoms with van der Waals surface area (Å²) in [5.74, 6) is -0.897. The zero-order valence-electron chi connectivity index (χ0n) is 11.7. The number of benzene rings is 2. The first-order valence-corrected chi connectivity index (χ1v) is 7.17. The first-order valence-electron chi connectivity index (χ1n) is 6.38. The van der Waals surface area contributed by atoms with Crippen LogP contribution in [0.1, 0.15) is 17.2 Å². The van der Waals surface area contributed by atoms with Gasteiger partial charge in [0, 0.05) is 4.47 Å². The third-order valence-corrected chi connectivity index (χ3v) is 3.99. The Balaban J connectivity index is 2.37. The van der Waals surface area contributed by atoms with Crippen molar-refractivity contribution in [1.29, 1.82) is 0 Å². The SMILES string of the molecule is COC(=O)C(Nc1ccccc1F)c1ccc(C)c(Br)c1. The fourth-order valence-corrected chi connectivity index (χ4v) is 2.32. The smallest absolute Gasteiger partial charge is 0.332 e. The molecule has 1 N–H and O–H groups in total. The number of halogens is 2. The first-order chi connectivity index (χ1) is 10.0. The topological polar surface area (TPSA) is 38.3 Å². The van der Waals surface area contributed by atoms with E-state index in [9.17, 15) is 9.18 Å². The van der Waals surface area contributed by atoms with Gasteiger partial charge in [0.15, 0.2) is 6.04 Å². The van der Waals surface area contributed by atoms with Crippen molar-refractivity contribution in [3.8, 4) is 0 Å². The Morgan fingerprint density at radius 3 is 2.62 bits per heavy atom. The molecule has 0 spiro atoms. The van der Waals surface area contributed by atoms with E-state index < -0.39 is 17.8 Å². The van der Waals surface area contributed by atoms with Crippen LogP contribution in [0.25, 0.3) is 0 Å². The fraction of sp³-hybridized carbons (Fsp3) is 0.188. The van der Waals surface area contributed by atoms with Crippen molar-refractivity contribution in [2.24, 2.45) is 0 Å². The number of ether oxygens (including phenoxy) is 1. The molecule has 21 heavy (non-hydrogen) atoms. The number of nitrogens with one attached hydrogen (secondary N) is 1. The highest BCUT2D eigenvalue weighted by molar-refractivity contribution is 9.10. The Morgan fingerprint density at radius 2 is 2.00 bits per heavy atom. The number of hydrogen-bond acceptors (Lipinski definition) is 3. The van der Waals surface area contributed by atoms with Crippen molar-refractivity contribution in [1.82, 2.24) is 0 Å². The summed E-state index contributed by atoms with van der Waals surface area (Å²) in [6.45, 7) is 1.95. The second kappa shape index (κ2) is 6.72. The summed E-state index contributed by atoms with van der Waals surface area (Å²) in [4.78, 5) is 12.0. The largest absolute Gasteiger partial charge is 0.467 e. The van der Waals surface area contributed by atoms with E-state index in [4.69, 9.17) is 4.74 Å². The average Bonchev–Trinajstić information content (AvgIpc) is 2.48. The van der Waals surface area contributed by atoms with Crippen LogP contribution in [0.3, 0.4) is 0 Å². The van der Waals surface area contributed by atoms with Gasteiger partial charge in [0.05, 0.1) is 12.8 Å². The molecule has 110 valence electrons. The molecule has 3 nitrogen and oxygen atoms in total. The molecule has 0 bridgehead atoms. The van der Waals surface area contributed by atoms with E-state index in [0.29, 0.717) is 5.56 Å². The molecule has 2 aromatic carbocycles. The molecule has 0 saturated heterocycles. The number of esters is 1.